The Morgan fingerprint density at radius 1 is 1.30 bits per heavy atom. The van der Waals surface area contributed by atoms with E-state index in [-0.39, 0.29) is 29.3 Å². The molecule has 1 aliphatic heterocycles. The van der Waals surface area contributed by atoms with Crippen molar-refractivity contribution in [2.45, 2.75) is 36.2 Å². The summed E-state index contributed by atoms with van der Waals surface area (Å²) >= 11 is 0. The first-order valence-corrected chi connectivity index (χ1v) is 10.4. The van der Waals surface area contributed by atoms with Crippen molar-refractivity contribution < 1.29 is 13.2 Å². The fourth-order valence-electron chi connectivity index (χ4n) is 3.23. The lowest BCUT2D eigenvalue weighted by atomic mass is 10.0. The zero-order valence-corrected chi connectivity index (χ0v) is 16.1. The van der Waals surface area contributed by atoms with Crippen LogP contribution in [0.15, 0.2) is 47.6 Å². The van der Waals surface area contributed by atoms with Gasteiger partial charge >= 0.3 is 0 Å². The number of rotatable bonds is 6. The van der Waals surface area contributed by atoms with Crippen molar-refractivity contribution >= 4 is 15.9 Å². The summed E-state index contributed by atoms with van der Waals surface area (Å²) in [4.78, 5) is 12.5. The van der Waals surface area contributed by atoms with E-state index < -0.39 is 10.0 Å². The maximum absolute atomic E-state index is 12.6. The second kappa shape index (κ2) is 8.20. The number of aryl methyl sites for hydroxylation is 1. The van der Waals surface area contributed by atoms with E-state index in [0.29, 0.717) is 25.9 Å². The first kappa shape index (κ1) is 19.5. The summed E-state index contributed by atoms with van der Waals surface area (Å²) in [7, 11) is -1.85. The van der Waals surface area contributed by atoms with Crippen molar-refractivity contribution in [1.82, 2.24) is 19.4 Å². The molecule has 0 radical (unpaired) electrons. The summed E-state index contributed by atoms with van der Waals surface area (Å²) < 4.78 is 28.1. The van der Waals surface area contributed by atoms with Gasteiger partial charge in [0.2, 0.25) is 15.9 Å². The molecule has 8 nitrogen and oxygen atoms in total. The molecule has 1 saturated heterocycles. The van der Waals surface area contributed by atoms with E-state index in [4.69, 9.17) is 5.73 Å². The van der Waals surface area contributed by atoms with Gasteiger partial charge in [0.25, 0.3) is 0 Å². The number of nitrogens with zero attached hydrogens (tertiary/aromatic N) is 3. The normalized spacial score (nSPS) is 17.6. The molecule has 1 aromatic carbocycles. The van der Waals surface area contributed by atoms with E-state index in [1.807, 2.05) is 30.3 Å². The Morgan fingerprint density at radius 2 is 1.96 bits per heavy atom. The molecule has 3 rings (SSSR count). The maximum Gasteiger partial charge on any atom is 0.246 e. The fourth-order valence-corrected chi connectivity index (χ4v) is 4.68. The third-order valence-corrected chi connectivity index (χ3v) is 6.62. The van der Waals surface area contributed by atoms with Crippen LogP contribution in [0.25, 0.3) is 0 Å². The summed E-state index contributed by atoms with van der Waals surface area (Å²) in [5, 5.41) is 6.91. The van der Waals surface area contributed by atoms with Gasteiger partial charge in [-0.25, -0.2) is 8.42 Å². The number of nitrogens with two attached hydrogens (primary N) is 1. The van der Waals surface area contributed by atoms with Gasteiger partial charge in [0, 0.05) is 44.8 Å². The van der Waals surface area contributed by atoms with Crippen molar-refractivity contribution in [3.05, 3.63) is 48.3 Å². The number of benzene rings is 1. The molecule has 2 heterocycles. The maximum atomic E-state index is 12.6. The average Bonchev–Trinajstić information content (AvgIpc) is 3.10. The number of amides is 1. The van der Waals surface area contributed by atoms with Gasteiger partial charge in [0.1, 0.15) is 4.90 Å². The van der Waals surface area contributed by atoms with Gasteiger partial charge < -0.3 is 11.1 Å². The van der Waals surface area contributed by atoms with E-state index in [1.54, 1.807) is 7.05 Å². The molecule has 1 atom stereocenters. The number of carbonyl (C=O) groups is 1. The first-order valence-electron chi connectivity index (χ1n) is 8.95. The smallest absolute Gasteiger partial charge is 0.246 e. The Hall–Kier alpha value is -2.23. The van der Waals surface area contributed by atoms with E-state index in [1.165, 1.54) is 21.4 Å². The minimum Gasteiger partial charge on any atom is -0.353 e. The van der Waals surface area contributed by atoms with E-state index in [9.17, 15) is 13.2 Å². The summed E-state index contributed by atoms with van der Waals surface area (Å²) in [6.07, 6.45) is 4.21. The van der Waals surface area contributed by atoms with Gasteiger partial charge in [-0.2, -0.15) is 9.40 Å². The molecule has 1 amide bonds. The molecule has 3 N–H and O–H groups in total. The lowest BCUT2D eigenvalue weighted by Crippen LogP contribution is -2.46. The summed E-state index contributed by atoms with van der Waals surface area (Å²) in [5.41, 5.74) is 7.01. The largest absolute Gasteiger partial charge is 0.353 e. The standard InChI is InChI=1S/C18H25N5O3S/c1-22-13-16(12-20-22)27(25,26)23-9-7-15(8-10-23)21-18(24)11-17(19)14-5-3-2-4-6-14/h2-6,12-13,15,17H,7-11,19H2,1H3,(H,21,24). The molecule has 1 unspecified atom stereocenters. The molecule has 0 saturated carbocycles. The third kappa shape index (κ3) is 4.74. The second-order valence-electron chi connectivity index (χ2n) is 6.82. The monoisotopic (exact) mass is 391 g/mol. The SMILES string of the molecule is Cn1cc(S(=O)(=O)N2CCC(NC(=O)CC(N)c3ccccc3)CC2)cn1. The van der Waals surface area contributed by atoms with Gasteiger partial charge in [0.15, 0.2) is 0 Å². The lowest BCUT2D eigenvalue weighted by Gasteiger charge is -2.31. The Kier molecular flexibility index (Phi) is 5.93. The van der Waals surface area contributed by atoms with Gasteiger partial charge in [-0.1, -0.05) is 30.3 Å². The zero-order valence-electron chi connectivity index (χ0n) is 15.3. The highest BCUT2D eigenvalue weighted by atomic mass is 32.2. The number of piperidine rings is 1. The van der Waals surface area contributed by atoms with Crippen LogP contribution < -0.4 is 11.1 Å². The van der Waals surface area contributed by atoms with Crippen molar-refractivity contribution in [1.29, 1.82) is 0 Å². The summed E-state index contributed by atoms with van der Waals surface area (Å²) in [6, 6.07) is 9.11. The van der Waals surface area contributed by atoms with Crippen LogP contribution in [0.5, 0.6) is 0 Å². The van der Waals surface area contributed by atoms with Crippen LogP contribution in [-0.4, -0.2) is 47.5 Å². The zero-order chi connectivity index (χ0) is 19.4. The number of carbonyl (C=O) groups excluding carboxylic acids is 1. The van der Waals surface area contributed by atoms with Gasteiger partial charge in [-0.05, 0) is 18.4 Å². The molecule has 1 fully saturated rings. The molecule has 27 heavy (non-hydrogen) atoms. The molecule has 9 heteroatoms. The molecule has 0 spiro atoms. The number of hydrogen-bond donors (Lipinski definition) is 2. The van der Waals surface area contributed by atoms with Crippen molar-refractivity contribution in [2.24, 2.45) is 12.8 Å². The second-order valence-corrected chi connectivity index (χ2v) is 8.75. The van der Waals surface area contributed by atoms with Crippen molar-refractivity contribution in [3.63, 3.8) is 0 Å². The fraction of sp³-hybridized carbons (Fsp3) is 0.444. The highest BCUT2D eigenvalue weighted by Gasteiger charge is 2.30. The predicted octanol–water partition coefficient (Wildman–Crippen LogP) is 0.780. The number of aromatic nitrogens is 2. The molecule has 1 aromatic heterocycles. The van der Waals surface area contributed by atoms with E-state index in [2.05, 4.69) is 10.4 Å². The summed E-state index contributed by atoms with van der Waals surface area (Å²) in [5.74, 6) is -0.111. The summed E-state index contributed by atoms with van der Waals surface area (Å²) in [6.45, 7) is 0.736. The topological polar surface area (TPSA) is 110 Å². The lowest BCUT2D eigenvalue weighted by molar-refractivity contribution is -0.122. The van der Waals surface area contributed by atoms with Gasteiger partial charge in [-0.15, -0.1) is 0 Å². The molecule has 0 bridgehead atoms. The molecule has 2 aromatic rings. The van der Waals surface area contributed by atoms with Crippen LogP contribution in [0, 0.1) is 0 Å². The van der Waals surface area contributed by atoms with Crippen LogP contribution >= 0.6 is 0 Å². The Morgan fingerprint density at radius 3 is 2.56 bits per heavy atom. The molecule has 0 aliphatic carbocycles. The van der Waals surface area contributed by atoms with Gasteiger partial charge in [0.05, 0.1) is 6.20 Å². The molecule has 146 valence electrons. The molecule has 1 aliphatic rings. The number of hydrogen-bond acceptors (Lipinski definition) is 5. The van der Waals surface area contributed by atoms with Crippen molar-refractivity contribution in [3.8, 4) is 0 Å². The van der Waals surface area contributed by atoms with Gasteiger partial charge in [-0.3, -0.25) is 9.48 Å². The van der Waals surface area contributed by atoms with Crippen LogP contribution in [-0.2, 0) is 21.9 Å². The first-order chi connectivity index (χ1) is 12.9. The number of nitrogens with one attached hydrogen (secondary N) is 1. The molecular weight excluding hydrogens is 366 g/mol. The van der Waals surface area contributed by atoms with E-state index >= 15 is 0 Å². The highest BCUT2D eigenvalue weighted by molar-refractivity contribution is 7.89. The van der Waals surface area contributed by atoms with Crippen LogP contribution in [0.1, 0.15) is 30.9 Å². The minimum atomic E-state index is -3.53. The molecular formula is C18H25N5O3S. The van der Waals surface area contributed by atoms with E-state index in [0.717, 1.165) is 5.56 Å². The van der Waals surface area contributed by atoms with Crippen molar-refractivity contribution in [2.75, 3.05) is 13.1 Å². The Labute approximate surface area is 159 Å². The minimum absolute atomic E-state index is 0.0409. The Balaban J connectivity index is 1.50. The third-order valence-electron chi connectivity index (χ3n) is 4.77. The van der Waals surface area contributed by atoms with Crippen LogP contribution in [0.4, 0.5) is 0 Å². The quantitative estimate of drug-likeness (QED) is 0.756. The Bertz CT molecular complexity index is 873. The predicted molar refractivity (Wildman–Crippen MR) is 101 cm³/mol. The number of sulfonamides is 1. The van der Waals surface area contributed by atoms with Crippen LogP contribution in [0.3, 0.4) is 0 Å². The average molecular weight is 391 g/mol. The van der Waals surface area contributed by atoms with Crippen LogP contribution in [0.2, 0.25) is 0 Å². The highest BCUT2D eigenvalue weighted by Crippen LogP contribution is 2.21.